The number of para-hydroxylation sites is 1. The number of rotatable bonds is 3. The van der Waals surface area contributed by atoms with Crippen LogP contribution in [-0.2, 0) is 6.42 Å². The van der Waals surface area contributed by atoms with Crippen LogP contribution in [0.15, 0.2) is 57.7 Å². The first-order chi connectivity index (χ1) is 11.7. The fraction of sp³-hybridized carbons (Fsp3) is 0.150. The summed E-state index contributed by atoms with van der Waals surface area (Å²) in [6.07, 6.45) is 0.721. The summed E-state index contributed by atoms with van der Waals surface area (Å²) < 4.78 is 10.7. The zero-order chi connectivity index (χ0) is 16.7. The molecule has 1 N–H and O–H groups in total. The van der Waals surface area contributed by atoms with E-state index in [2.05, 4.69) is 4.98 Å². The average Bonchev–Trinajstić information content (AvgIpc) is 2.93. The normalized spacial score (nSPS) is 11.2. The van der Waals surface area contributed by atoms with Crippen LogP contribution in [-0.4, -0.2) is 12.1 Å². The molecule has 0 spiro atoms. The topological polar surface area (TPSA) is 55.2 Å². The number of aromatic amines is 1. The number of benzene rings is 2. The van der Waals surface area contributed by atoms with Crippen LogP contribution in [0.2, 0.25) is 0 Å². The van der Waals surface area contributed by atoms with Crippen LogP contribution in [0.25, 0.3) is 21.9 Å². The number of aryl methyl sites for hydroxylation is 1. The van der Waals surface area contributed by atoms with Crippen LogP contribution in [0.4, 0.5) is 0 Å². The number of nitrogens with one attached hydrogen (secondary N) is 1. The molecule has 24 heavy (non-hydrogen) atoms. The van der Waals surface area contributed by atoms with Gasteiger partial charge in [0.05, 0.1) is 18.0 Å². The van der Waals surface area contributed by atoms with Crippen LogP contribution in [0.3, 0.4) is 0 Å². The largest absolute Gasteiger partial charge is 0.497 e. The number of H-pyrrole nitrogens is 1. The minimum Gasteiger partial charge on any atom is -0.497 e. The van der Waals surface area contributed by atoms with E-state index in [1.165, 1.54) is 0 Å². The third kappa shape index (κ3) is 2.27. The van der Waals surface area contributed by atoms with E-state index in [-0.39, 0.29) is 5.63 Å². The van der Waals surface area contributed by atoms with Gasteiger partial charge in [0.2, 0.25) is 0 Å². The summed E-state index contributed by atoms with van der Waals surface area (Å²) in [5.41, 5.74) is 4.28. The van der Waals surface area contributed by atoms with Gasteiger partial charge in [-0.2, -0.15) is 0 Å². The van der Waals surface area contributed by atoms with Crippen LogP contribution in [0.1, 0.15) is 16.8 Å². The van der Waals surface area contributed by atoms with E-state index in [1.54, 1.807) is 7.11 Å². The minimum absolute atomic E-state index is 0.293. The van der Waals surface area contributed by atoms with Gasteiger partial charge < -0.3 is 14.1 Å². The zero-order valence-corrected chi connectivity index (χ0v) is 13.6. The van der Waals surface area contributed by atoms with Gasteiger partial charge in [-0.25, -0.2) is 4.79 Å². The van der Waals surface area contributed by atoms with E-state index >= 15 is 0 Å². The summed E-state index contributed by atoms with van der Waals surface area (Å²) in [5, 5.41) is 1.56. The van der Waals surface area contributed by atoms with Gasteiger partial charge in [-0.1, -0.05) is 24.3 Å². The molecular weight excluding hydrogens is 302 g/mol. The molecule has 0 bridgehead atoms. The summed E-state index contributed by atoms with van der Waals surface area (Å²) in [6, 6.07) is 15.5. The maximum absolute atomic E-state index is 12.4. The number of fused-ring (bicyclic) bond motifs is 3. The number of ether oxygens (including phenoxy) is 1. The Morgan fingerprint density at radius 3 is 2.58 bits per heavy atom. The van der Waals surface area contributed by atoms with Crippen molar-refractivity contribution in [2.75, 3.05) is 7.11 Å². The van der Waals surface area contributed by atoms with Crippen molar-refractivity contribution in [3.8, 4) is 5.75 Å². The molecule has 0 amide bonds. The van der Waals surface area contributed by atoms with Gasteiger partial charge in [0, 0.05) is 17.5 Å². The fourth-order valence-corrected chi connectivity index (χ4v) is 3.14. The van der Waals surface area contributed by atoms with Crippen LogP contribution in [0, 0.1) is 6.92 Å². The Bertz CT molecular complexity index is 1090. The highest BCUT2D eigenvalue weighted by molar-refractivity contribution is 6.03. The molecule has 4 heteroatoms. The fourth-order valence-electron chi connectivity index (χ4n) is 3.14. The Hall–Kier alpha value is -3.01. The lowest BCUT2D eigenvalue weighted by Gasteiger charge is -2.03. The second-order valence-corrected chi connectivity index (χ2v) is 5.89. The molecule has 0 unspecified atom stereocenters. The van der Waals surface area contributed by atoms with E-state index < -0.39 is 0 Å². The lowest BCUT2D eigenvalue weighted by Crippen LogP contribution is -1.99. The van der Waals surface area contributed by atoms with E-state index in [0.717, 1.165) is 39.9 Å². The SMILES string of the molecule is COc1ccc(Cc2[nH]c3c(c2C)c(=O)oc2ccccc23)cc1. The zero-order valence-electron chi connectivity index (χ0n) is 13.6. The number of methoxy groups -OCH3 is 1. The van der Waals surface area contributed by atoms with Gasteiger partial charge in [0.15, 0.2) is 0 Å². The van der Waals surface area contributed by atoms with Crippen molar-refractivity contribution in [2.24, 2.45) is 0 Å². The third-order valence-electron chi connectivity index (χ3n) is 4.46. The van der Waals surface area contributed by atoms with E-state index in [9.17, 15) is 4.79 Å². The molecule has 0 saturated carbocycles. The maximum atomic E-state index is 12.4. The molecule has 0 aliphatic rings. The smallest absolute Gasteiger partial charge is 0.346 e. The van der Waals surface area contributed by atoms with Crippen molar-refractivity contribution in [3.05, 3.63) is 75.8 Å². The number of hydrogen-bond acceptors (Lipinski definition) is 3. The second-order valence-electron chi connectivity index (χ2n) is 5.89. The Labute approximate surface area is 138 Å². The molecule has 0 aliphatic heterocycles. The average molecular weight is 319 g/mol. The second kappa shape index (κ2) is 5.57. The molecule has 0 aliphatic carbocycles. The molecule has 4 aromatic rings. The van der Waals surface area contributed by atoms with Crippen molar-refractivity contribution in [1.29, 1.82) is 0 Å². The molecule has 4 nitrogen and oxygen atoms in total. The molecule has 2 aromatic carbocycles. The molecule has 0 radical (unpaired) electrons. The van der Waals surface area contributed by atoms with Gasteiger partial charge in [0.25, 0.3) is 0 Å². The molecule has 0 fully saturated rings. The summed E-state index contributed by atoms with van der Waals surface area (Å²) in [7, 11) is 1.65. The van der Waals surface area contributed by atoms with Gasteiger partial charge in [-0.05, 0) is 42.3 Å². The number of hydrogen-bond donors (Lipinski definition) is 1. The van der Waals surface area contributed by atoms with Crippen molar-refractivity contribution in [3.63, 3.8) is 0 Å². The summed E-state index contributed by atoms with van der Waals surface area (Å²) in [4.78, 5) is 15.8. The molecule has 0 atom stereocenters. The Morgan fingerprint density at radius 1 is 1.08 bits per heavy atom. The molecule has 0 saturated heterocycles. The first kappa shape index (κ1) is 14.6. The van der Waals surface area contributed by atoms with Crippen molar-refractivity contribution in [2.45, 2.75) is 13.3 Å². The lowest BCUT2D eigenvalue weighted by molar-refractivity contribution is 0.414. The molecule has 120 valence electrons. The molecule has 2 aromatic heterocycles. The van der Waals surface area contributed by atoms with Gasteiger partial charge in [0.1, 0.15) is 11.3 Å². The van der Waals surface area contributed by atoms with Crippen LogP contribution >= 0.6 is 0 Å². The quantitative estimate of drug-likeness (QED) is 0.576. The summed E-state index contributed by atoms with van der Waals surface area (Å²) in [6.45, 7) is 1.96. The minimum atomic E-state index is -0.293. The van der Waals surface area contributed by atoms with Gasteiger partial charge in [-0.3, -0.25) is 0 Å². The van der Waals surface area contributed by atoms with Crippen LogP contribution < -0.4 is 10.4 Å². The predicted molar refractivity (Wildman–Crippen MR) is 94.9 cm³/mol. The van der Waals surface area contributed by atoms with Crippen molar-refractivity contribution >= 4 is 21.9 Å². The van der Waals surface area contributed by atoms with Gasteiger partial charge in [-0.15, -0.1) is 0 Å². The van der Waals surface area contributed by atoms with Crippen molar-refractivity contribution < 1.29 is 9.15 Å². The summed E-state index contributed by atoms with van der Waals surface area (Å²) >= 11 is 0. The first-order valence-electron chi connectivity index (χ1n) is 7.83. The predicted octanol–water partition coefficient (Wildman–Crippen LogP) is 4.18. The summed E-state index contributed by atoms with van der Waals surface area (Å²) in [5.74, 6) is 0.832. The van der Waals surface area contributed by atoms with Crippen molar-refractivity contribution in [1.82, 2.24) is 4.98 Å². The Kier molecular flexibility index (Phi) is 3.38. The Balaban J connectivity index is 1.87. The van der Waals surface area contributed by atoms with E-state index in [0.29, 0.717) is 11.0 Å². The standard InChI is InChI=1S/C20H17NO3/c1-12-16(11-13-7-9-14(23-2)10-8-13)21-19-15-5-3-4-6-17(15)24-20(22)18(12)19/h3-10,21H,11H2,1-2H3. The Morgan fingerprint density at radius 2 is 1.83 bits per heavy atom. The highest BCUT2D eigenvalue weighted by Gasteiger charge is 2.15. The van der Waals surface area contributed by atoms with E-state index in [4.69, 9.17) is 9.15 Å². The number of aromatic nitrogens is 1. The highest BCUT2D eigenvalue weighted by atomic mass is 16.5. The molecule has 4 rings (SSSR count). The van der Waals surface area contributed by atoms with Gasteiger partial charge >= 0.3 is 5.63 Å². The molecular formula is C20H17NO3. The lowest BCUT2D eigenvalue weighted by atomic mass is 10.1. The maximum Gasteiger partial charge on any atom is 0.346 e. The third-order valence-corrected chi connectivity index (χ3v) is 4.46. The molecule has 2 heterocycles. The first-order valence-corrected chi connectivity index (χ1v) is 7.83. The van der Waals surface area contributed by atoms with E-state index in [1.807, 2.05) is 55.5 Å². The van der Waals surface area contributed by atoms with Crippen LogP contribution in [0.5, 0.6) is 5.75 Å². The highest BCUT2D eigenvalue weighted by Crippen LogP contribution is 2.27. The monoisotopic (exact) mass is 319 g/mol.